The van der Waals surface area contributed by atoms with Crippen molar-refractivity contribution in [2.75, 3.05) is 24.5 Å². The smallest absolute Gasteiger partial charge is 0.254 e. The average Bonchev–Trinajstić information content (AvgIpc) is 3.35. The zero-order valence-corrected chi connectivity index (χ0v) is 18.3. The highest BCUT2D eigenvalue weighted by molar-refractivity contribution is 5.94. The zero-order valence-electron chi connectivity index (χ0n) is 18.3. The minimum Gasteiger partial charge on any atom is -0.356 e. The van der Waals surface area contributed by atoms with Gasteiger partial charge in [-0.3, -0.25) is 4.79 Å². The molecule has 0 unspecified atom stereocenters. The van der Waals surface area contributed by atoms with Crippen molar-refractivity contribution >= 4 is 11.7 Å². The van der Waals surface area contributed by atoms with Gasteiger partial charge in [0.2, 0.25) is 0 Å². The van der Waals surface area contributed by atoms with Gasteiger partial charge in [0.25, 0.3) is 5.91 Å². The Labute approximate surface area is 183 Å². The van der Waals surface area contributed by atoms with E-state index in [0.29, 0.717) is 11.8 Å². The second-order valence-corrected chi connectivity index (χ2v) is 8.81. The molecular weight excluding hydrogens is 384 g/mol. The standard InChI is InChI=1S/C26H28N4O/c1-17-18(2)27-19(3)28-25(17)29-14-22-15-30(26(31)21-12-8-5-9-13-21)24(23(22)16-29)20-10-6-4-7-11-20/h4-13,22-24H,14-16H2,1-3H3/t22-,23-,24+/m0/s1. The molecule has 0 saturated carbocycles. The molecule has 5 heteroatoms. The molecule has 2 fully saturated rings. The van der Waals surface area contributed by atoms with Crippen LogP contribution in [-0.4, -0.2) is 40.4 Å². The van der Waals surface area contributed by atoms with E-state index in [4.69, 9.17) is 4.98 Å². The summed E-state index contributed by atoms with van der Waals surface area (Å²) in [5.41, 5.74) is 4.17. The Morgan fingerprint density at radius 2 is 1.55 bits per heavy atom. The number of aryl methyl sites for hydroxylation is 2. The van der Waals surface area contributed by atoms with Gasteiger partial charge in [-0.25, -0.2) is 9.97 Å². The molecule has 31 heavy (non-hydrogen) atoms. The van der Waals surface area contributed by atoms with E-state index < -0.39 is 0 Å². The van der Waals surface area contributed by atoms with Crippen molar-refractivity contribution in [2.45, 2.75) is 26.8 Å². The summed E-state index contributed by atoms with van der Waals surface area (Å²) in [7, 11) is 0. The first kappa shape index (κ1) is 19.7. The second kappa shape index (κ2) is 7.80. The van der Waals surface area contributed by atoms with Gasteiger partial charge in [0.1, 0.15) is 11.6 Å². The van der Waals surface area contributed by atoms with Crippen molar-refractivity contribution in [2.24, 2.45) is 11.8 Å². The minimum atomic E-state index is 0.0771. The number of likely N-dealkylation sites (tertiary alicyclic amines) is 1. The maximum Gasteiger partial charge on any atom is 0.254 e. The van der Waals surface area contributed by atoms with Crippen LogP contribution in [0, 0.1) is 32.6 Å². The van der Waals surface area contributed by atoms with Crippen molar-refractivity contribution in [3.05, 3.63) is 88.9 Å². The average molecular weight is 413 g/mol. The molecule has 2 aromatic carbocycles. The normalized spacial score (nSPS) is 22.6. The van der Waals surface area contributed by atoms with Crippen molar-refractivity contribution in [3.63, 3.8) is 0 Å². The SMILES string of the molecule is Cc1nc(C)c(C)c(N2C[C@H]3CN(C(=O)c4ccccc4)[C@H](c4ccccc4)[C@H]3C2)n1. The van der Waals surface area contributed by atoms with E-state index in [1.807, 2.05) is 43.3 Å². The summed E-state index contributed by atoms with van der Waals surface area (Å²) in [4.78, 5) is 27.3. The Morgan fingerprint density at radius 3 is 2.26 bits per heavy atom. The van der Waals surface area contributed by atoms with Gasteiger partial charge in [-0.15, -0.1) is 0 Å². The Morgan fingerprint density at radius 1 is 0.871 bits per heavy atom. The molecule has 0 radical (unpaired) electrons. The lowest BCUT2D eigenvalue weighted by Crippen LogP contribution is -2.36. The fraction of sp³-hybridized carbons (Fsp3) is 0.346. The van der Waals surface area contributed by atoms with E-state index in [9.17, 15) is 4.79 Å². The Bertz CT molecular complexity index is 1100. The number of hydrogen-bond donors (Lipinski definition) is 0. The minimum absolute atomic E-state index is 0.0771. The summed E-state index contributed by atoms with van der Waals surface area (Å²) in [6, 6.07) is 20.2. The maximum atomic E-state index is 13.4. The van der Waals surface area contributed by atoms with Crippen LogP contribution in [0.15, 0.2) is 60.7 Å². The Kier molecular flexibility index (Phi) is 4.97. The number of benzene rings is 2. The van der Waals surface area contributed by atoms with Gasteiger partial charge in [-0.05, 0) is 38.5 Å². The number of hydrogen-bond acceptors (Lipinski definition) is 4. The second-order valence-electron chi connectivity index (χ2n) is 8.81. The lowest BCUT2D eigenvalue weighted by Gasteiger charge is -2.31. The number of nitrogens with zero attached hydrogens (tertiary/aromatic N) is 4. The third kappa shape index (κ3) is 3.48. The number of aromatic nitrogens is 2. The summed E-state index contributed by atoms with van der Waals surface area (Å²) in [5, 5.41) is 0. The van der Waals surface area contributed by atoms with Crippen LogP contribution < -0.4 is 4.90 Å². The highest BCUT2D eigenvalue weighted by atomic mass is 16.2. The molecule has 5 nitrogen and oxygen atoms in total. The fourth-order valence-electron chi connectivity index (χ4n) is 5.31. The van der Waals surface area contributed by atoms with E-state index in [1.54, 1.807) is 0 Å². The summed E-state index contributed by atoms with van der Waals surface area (Å²) < 4.78 is 0. The quantitative estimate of drug-likeness (QED) is 0.642. The molecule has 0 bridgehead atoms. The fourth-order valence-corrected chi connectivity index (χ4v) is 5.31. The van der Waals surface area contributed by atoms with Crippen LogP contribution in [0.5, 0.6) is 0 Å². The summed E-state index contributed by atoms with van der Waals surface area (Å²) in [5.74, 6) is 2.79. The topological polar surface area (TPSA) is 49.3 Å². The van der Waals surface area contributed by atoms with Crippen molar-refractivity contribution < 1.29 is 4.79 Å². The number of fused-ring (bicyclic) bond motifs is 1. The van der Waals surface area contributed by atoms with Gasteiger partial charge in [-0.2, -0.15) is 0 Å². The van der Waals surface area contributed by atoms with E-state index in [0.717, 1.165) is 48.1 Å². The molecule has 0 spiro atoms. The first-order valence-electron chi connectivity index (χ1n) is 11.0. The molecule has 5 rings (SSSR count). The molecule has 2 aliphatic heterocycles. The third-order valence-corrected chi connectivity index (χ3v) is 6.86. The van der Waals surface area contributed by atoms with Gasteiger partial charge in [-0.1, -0.05) is 48.5 Å². The number of carbonyl (C=O) groups excluding carboxylic acids is 1. The number of rotatable bonds is 3. The van der Waals surface area contributed by atoms with Gasteiger partial charge in [0.15, 0.2) is 0 Å². The summed E-state index contributed by atoms with van der Waals surface area (Å²) >= 11 is 0. The van der Waals surface area contributed by atoms with E-state index in [2.05, 4.69) is 52.9 Å². The first-order chi connectivity index (χ1) is 15.0. The van der Waals surface area contributed by atoms with Crippen LogP contribution in [0.4, 0.5) is 5.82 Å². The highest BCUT2D eigenvalue weighted by Crippen LogP contribution is 2.46. The van der Waals surface area contributed by atoms with Crippen LogP contribution in [0.25, 0.3) is 0 Å². The van der Waals surface area contributed by atoms with Gasteiger partial charge in [0.05, 0.1) is 6.04 Å². The van der Waals surface area contributed by atoms with Gasteiger partial charge in [0, 0.05) is 48.3 Å². The monoisotopic (exact) mass is 412 g/mol. The van der Waals surface area contributed by atoms with E-state index in [1.165, 1.54) is 5.56 Å². The molecule has 0 N–H and O–H groups in total. The van der Waals surface area contributed by atoms with Crippen LogP contribution in [-0.2, 0) is 0 Å². The molecule has 0 aliphatic carbocycles. The lowest BCUT2D eigenvalue weighted by atomic mass is 9.89. The zero-order chi connectivity index (χ0) is 21.5. The third-order valence-electron chi connectivity index (χ3n) is 6.86. The van der Waals surface area contributed by atoms with E-state index >= 15 is 0 Å². The predicted molar refractivity (Wildman–Crippen MR) is 122 cm³/mol. The molecule has 1 amide bonds. The number of carbonyl (C=O) groups is 1. The molecule has 2 aliphatic rings. The predicted octanol–water partition coefficient (Wildman–Crippen LogP) is 4.35. The summed E-state index contributed by atoms with van der Waals surface area (Å²) in [6.07, 6.45) is 0. The molecule has 2 saturated heterocycles. The van der Waals surface area contributed by atoms with Gasteiger partial charge >= 0.3 is 0 Å². The van der Waals surface area contributed by atoms with Crippen molar-refractivity contribution in [1.29, 1.82) is 0 Å². The highest BCUT2D eigenvalue weighted by Gasteiger charge is 2.49. The molecule has 3 aromatic rings. The van der Waals surface area contributed by atoms with Gasteiger partial charge < -0.3 is 9.80 Å². The first-order valence-corrected chi connectivity index (χ1v) is 11.0. The summed E-state index contributed by atoms with van der Waals surface area (Å²) in [6.45, 7) is 8.72. The van der Waals surface area contributed by atoms with Crippen molar-refractivity contribution in [3.8, 4) is 0 Å². The molecule has 3 heterocycles. The van der Waals surface area contributed by atoms with Crippen LogP contribution in [0.2, 0.25) is 0 Å². The molecule has 158 valence electrons. The maximum absolute atomic E-state index is 13.4. The molecule has 1 aromatic heterocycles. The number of amides is 1. The van der Waals surface area contributed by atoms with E-state index in [-0.39, 0.29) is 11.9 Å². The Hall–Kier alpha value is -3.21. The lowest BCUT2D eigenvalue weighted by molar-refractivity contribution is 0.0715. The van der Waals surface area contributed by atoms with Crippen LogP contribution >= 0.6 is 0 Å². The van der Waals surface area contributed by atoms with Crippen LogP contribution in [0.1, 0.15) is 39.0 Å². The van der Waals surface area contributed by atoms with Crippen LogP contribution in [0.3, 0.4) is 0 Å². The molecular formula is C26H28N4O. The van der Waals surface area contributed by atoms with Crippen molar-refractivity contribution in [1.82, 2.24) is 14.9 Å². The number of anilines is 1. The molecule has 3 atom stereocenters. The Balaban J connectivity index is 1.48. The largest absolute Gasteiger partial charge is 0.356 e.